The second-order valence-electron chi connectivity index (χ2n) is 8.48. The van der Waals surface area contributed by atoms with Crippen LogP contribution in [0.15, 0.2) is 52.5 Å². The SMILES string of the molecule is CC1CNCCN1C1=NC(=O)/C(=C/c2ccc3c(cnn3Cc3ccc(Cl)cc3C(F)(F)F)c2)S1. The van der Waals surface area contributed by atoms with Crippen LogP contribution < -0.4 is 5.32 Å². The van der Waals surface area contributed by atoms with Gasteiger partial charge in [-0.2, -0.15) is 23.3 Å². The van der Waals surface area contributed by atoms with Crippen molar-refractivity contribution in [3.05, 3.63) is 69.2 Å². The van der Waals surface area contributed by atoms with E-state index >= 15 is 0 Å². The first-order valence-electron chi connectivity index (χ1n) is 11.0. The van der Waals surface area contributed by atoms with Crippen LogP contribution in [-0.4, -0.2) is 51.4 Å². The molecule has 5 rings (SSSR count). The Hall–Kier alpha value is -2.82. The van der Waals surface area contributed by atoms with Crippen LogP contribution in [0.1, 0.15) is 23.6 Å². The van der Waals surface area contributed by atoms with Crippen LogP contribution in [0.3, 0.4) is 0 Å². The van der Waals surface area contributed by atoms with E-state index < -0.39 is 11.7 Å². The molecule has 2 aliphatic heterocycles. The minimum absolute atomic E-state index is 0.0296. The van der Waals surface area contributed by atoms with E-state index in [0.29, 0.717) is 15.6 Å². The number of alkyl halides is 3. The molecule has 35 heavy (non-hydrogen) atoms. The van der Waals surface area contributed by atoms with Gasteiger partial charge in [0.15, 0.2) is 5.17 Å². The molecule has 0 saturated carbocycles. The van der Waals surface area contributed by atoms with Gasteiger partial charge in [-0.1, -0.05) is 23.7 Å². The minimum atomic E-state index is -4.52. The summed E-state index contributed by atoms with van der Waals surface area (Å²) in [6, 6.07) is 9.47. The highest BCUT2D eigenvalue weighted by molar-refractivity contribution is 8.18. The Morgan fingerprint density at radius 2 is 2.09 bits per heavy atom. The number of aromatic nitrogens is 2. The predicted octanol–water partition coefficient (Wildman–Crippen LogP) is 5.02. The largest absolute Gasteiger partial charge is 0.416 e. The standard InChI is InChI=1S/C24H21ClF3N5OS/c1-14-11-29-6-7-32(14)23-31-22(34)21(35-23)9-15-2-5-20-17(8-15)12-30-33(20)13-16-3-4-18(25)10-19(16)24(26,27)28/h2-5,8-10,12,14,29H,6-7,11,13H2,1H3/b21-9-. The smallest absolute Gasteiger partial charge is 0.346 e. The van der Waals surface area contributed by atoms with Crippen LogP contribution in [0.25, 0.3) is 17.0 Å². The fourth-order valence-corrected chi connectivity index (χ4v) is 5.44. The maximum absolute atomic E-state index is 13.5. The number of halogens is 4. The number of aliphatic imine (C=N–C) groups is 1. The molecule has 11 heteroatoms. The zero-order chi connectivity index (χ0) is 24.7. The number of piperazine rings is 1. The van der Waals surface area contributed by atoms with E-state index in [2.05, 4.69) is 27.2 Å². The average molecular weight is 520 g/mol. The summed E-state index contributed by atoms with van der Waals surface area (Å²) in [5, 5.41) is 9.12. The van der Waals surface area contributed by atoms with E-state index in [1.807, 2.05) is 12.1 Å². The maximum Gasteiger partial charge on any atom is 0.416 e. The van der Waals surface area contributed by atoms with Crippen molar-refractivity contribution in [2.45, 2.75) is 25.7 Å². The van der Waals surface area contributed by atoms with Crippen molar-refractivity contribution in [2.75, 3.05) is 19.6 Å². The van der Waals surface area contributed by atoms with E-state index in [1.54, 1.807) is 18.3 Å². The molecule has 3 heterocycles. The fraction of sp³-hybridized carbons (Fsp3) is 0.292. The highest BCUT2D eigenvalue weighted by Gasteiger charge is 2.34. The number of thioether (sulfide) groups is 1. The zero-order valence-corrected chi connectivity index (χ0v) is 20.2. The van der Waals surface area contributed by atoms with Gasteiger partial charge in [0.25, 0.3) is 5.91 Å². The Kier molecular flexibility index (Phi) is 6.37. The molecule has 1 N–H and O–H groups in total. The van der Waals surface area contributed by atoms with Gasteiger partial charge in [-0.05, 0) is 60.2 Å². The molecule has 2 aromatic carbocycles. The normalized spacial score (nSPS) is 20.2. The number of rotatable bonds is 3. The molecule has 0 radical (unpaired) electrons. The molecule has 182 valence electrons. The monoisotopic (exact) mass is 519 g/mol. The summed E-state index contributed by atoms with van der Waals surface area (Å²) in [6.45, 7) is 4.52. The number of fused-ring (bicyclic) bond motifs is 1. The first kappa shape index (κ1) is 23.9. The Morgan fingerprint density at radius 1 is 1.26 bits per heavy atom. The summed E-state index contributed by atoms with van der Waals surface area (Å²) >= 11 is 7.15. The number of nitrogens with zero attached hydrogens (tertiary/aromatic N) is 4. The molecule has 0 spiro atoms. The molecule has 6 nitrogen and oxygen atoms in total. The Balaban J connectivity index is 1.37. The van der Waals surface area contributed by atoms with Gasteiger partial charge in [-0.25, -0.2) is 0 Å². The lowest BCUT2D eigenvalue weighted by Crippen LogP contribution is -2.51. The third-order valence-corrected chi connectivity index (χ3v) is 7.27. The molecule has 1 unspecified atom stereocenters. The number of amidine groups is 1. The summed E-state index contributed by atoms with van der Waals surface area (Å²) in [5.41, 5.74) is 0.784. The van der Waals surface area contributed by atoms with Gasteiger partial charge in [-0.3, -0.25) is 9.48 Å². The molecule has 0 aliphatic carbocycles. The predicted molar refractivity (Wildman–Crippen MR) is 132 cm³/mol. The van der Waals surface area contributed by atoms with Crippen molar-refractivity contribution in [3.8, 4) is 0 Å². The number of hydrogen-bond acceptors (Lipinski definition) is 5. The van der Waals surface area contributed by atoms with Gasteiger partial charge in [-0.15, -0.1) is 0 Å². The summed E-state index contributed by atoms with van der Waals surface area (Å²) in [5.74, 6) is -0.269. The number of carbonyl (C=O) groups is 1. The quantitative estimate of drug-likeness (QED) is 0.492. The zero-order valence-electron chi connectivity index (χ0n) is 18.6. The Labute approximate surface area is 208 Å². The van der Waals surface area contributed by atoms with Gasteiger partial charge < -0.3 is 10.2 Å². The Morgan fingerprint density at radius 3 is 2.86 bits per heavy atom. The van der Waals surface area contributed by atoms with Crippen LogP contribution in [-0.2, 0) is 17.5 Å². The fourth-order valence-electron chi connectivity index (χ4n) is 4.23. The lowest BCUT2D eigenvalue weighted by molar-refractivity contribution is -0.138. The van der Waals surface area contributed by atoms with E-state index in [1.165, 1.54) is 28.6 Å². The maximum atomic E-state index is 13.5. The topological polar surface area (TPSA) is 62.5 Å². The molecular weight excluding hydrogens is 499 g/mol. The number of amides is 1. The lowest BCUT2D eigenvalue weighted by Gasteiger charge is -2.34. The summed E-state index contributed by atoms with van der Waals surface area (Å²) in [4.78, 5) is 19.4. The molecular formula is C24H21ClF3N5OS. The molecule has 1 atom stereocenters. The first-order valence-corrected chi connectivity index (χ1v) is 12.2. The summed E-state index contributed by atoms with van der Waals surface area (Å²) < 4.78 is 42.0. The van der Waals surface area contributed by atoms with Crippen molar-refractivity contribution in [1.82, 2.24) is 20.0 Å². The minimum Gasteiger partial charge on any atom is -0.346 e. The number of benzene rings is 2. The summed E-state index contributed by atoms with van der Waals surface area (Å²) in [7, 11) is 0. The molecule has 1 aromatic heterocycles. The summed E-state index contributed by atoms with van der Waals surface area (Å²) in [6.07, 6.45) is -1.12. The van der Waals surface area contributed by atoms with Crippen LogP contribution in [0.5, 0.6) is 0 Å². The molecule has 1 saturated heterocycles. The van der Waals surface area contributed by atoms with Crippen molar-refractivity contribution in [2.24, 2.45) is 4.99 Å². The van der Waals surface area contributed by atoms with E-state index in [9.17, 15) is 18.0 Å². The van der Waals surface area contributed by atoms with Gasteiger partial charge >= 0.3 is 6.18 Å². The Bertz CT molecular complexity index is 1370. The van der Waals surface area contributed by atoms with E-state index in [0.717, 1.165) is 36.7 Å². The highest BCUT2D eigenvalue weighted by Crippen LogP contribution is 2.35. The van der Waals surface area contributed by atoms with Crippen molar-refractivity contribution in [3.63, 3.8) is 0 Å². The van der Waals surface area contributed by atoms with Gasteiger partial charge in [0.2, 0.25) is 0 Å². The molecule has 3 aromatic rings. The molecule has 1 fully saturated rings. The van der Waals surface area contributed by atoms with Crippen LogP contribution >= 0.6 is 23.4 Å². The first-order chi connectivity index (χ1) is 16.7. The van der Waals surface area contributed by atoms with Crippen molar-refractivity contribution in [1.29, 1.82) is 0 Å². The molecule has 0 bridgehead atoms. The van der Waals surface area contributed by atoms with Crippen molar-refractivity contribution >= 4 is 51.4 Å². The number of hydrogen-bond donors (Lipinski definition) is 1. The third kappa shape index (κ3) is 4.96. The lowest BCUT2D eigenvalue weighted by atomic mass is 10.1. The molecule has 2 aliphatic rings. The van der Waals surface area contributed by atoms with Crippen LogP contribution in [0.4, 0.5) is 13.2 Å². The van der Waals surface area contributed by atoms with E-state index in [4.69, 9.17) is 11.6 Å². The molecule has 1 amide bonds. The van der Waals surface area contributed by atoms with E-state index in [-0.39, 0.29) is 29.1 Å². The van der Waals surface area contributed by atoms with Crippen molar-refractivity contribution < 1.29 is 18.0 Å². The van der Waals surface area contributed by atoms with Crippen LogP contribution in [0, 0.1) is 0 Å². The van der Waals surface area contributed by atoms with Crippen LogP contribution in [0.2, 0.25) is 5.02 Å². The van der Waals surface area contributed by atoms with Gasteiger partial charge in [0.1, 0.15) is 0 Å². The highest BCUT2D eigenvalue weighted by atomic mass is 35.5. The second kappa shape index (κ2) is 9.33. The van der Waals surface area contributed by atoms with Gasteiger partial charge in [0, 0.05) is 36.1 Å². The average Bonchev–Trinajstić information content (AvgIpc) is 3.37. The van der Waals surface area contributed by atoms with Gasteiger partial charge in [0.05, 0.1) is 28.7 Å². The third-order valence-electron chi connectivity index (χ3n) is 6.02. The number of carbonyl (C=O) groups excluding carboxylic acids is 1. The number of nitrogens with one attached hydrogen (secondary N) is 1. The second-order valence-corrected chi connectivity index (χ2v) is 9.92.